The van der Waals surface area contributed by atoms with Gasteiger partial charge in [0.05, 0.1) is 0 Å². The Labute approximate surface area is 97.9 Å². The van der Waals surface area contributed by atoms with Crippen molar-refractivity contribution < 1.29 is 0 Å². The maximum atomic E-state index is 8.95. The third kappa shape index (κ3) is 1.23. The predicted octanol–water partition coefficient (Wildman–Crippen LogP) is 1.90. The van der Waals surface area contributed by atoms with Gasteiger partial charge in [0.15, 0.2) is 0 Å². The first-order chi connectivity index (χ1) is 7.79. The molecule has 0 aliphatic carbocycles. The van der Waals surface area contributed by atoms with Crippen LogP contribution in [0.5, 0.6) is 0 Å². The van der Waals surface area contributed by atoms with Crippen LogP contribution in [-0.4, -0.2) is 19.5 Å². The van der Waals surface area contributed by atoms with E-state index in [1.54, 1.807) is 0 Å². The molecule has 76 valence electrons. The fourth-order valence-corrected chi connectivity index (χ4v) is 3.58. The SMILES string of the molecule is N#Cc1[se]c2nc3ccccc3cc2c1N. The van der Waals surface area contributed by atoms with Gasteiger partial charge in [0.2, 0.25) is 0 Å². The zero-order chi connectivity index (χ0) is 11.1. The Hall–Kier alpha value is -1.82. The van der Waals surface area contributed by atoms with Gasteiger partial charge in [0, 0.05) is 0 Å². The molecule has 3 nitrogen and oxygen atoms in total. The Morgan fingerprint density at radius 3 is 2.94 bits per heavy atom. The second kappa shape index (κ2) is 3.34. The number of para-hydroxylation sites is 1. The third-order valence-electron chi connectivity index (χ3n) is 2.52. The molecule has 0 radical (unpaired) electrons. The molecular formula is C12H7N3Se. The molecule has 0 aliphatic heterocycles. The Bertz CT molecular complexity index is 737. The number of nitriles is 1. The number of pyridine rings is 1. The van der Waals surface area contributed by atoms with E-state index in [1.807, 2.05) is 30.3 Å². The molecule has 0 fully saturated rings. The van der Waals surface area contributed by atoms with E-state index in [2.05, 4.69) is 11.1 Å². The van der Waals surface area contributed by atoms with Crippen molar-refractivity contribution in [3.05, 3.63) is 34.8 Å². The summed E-state index contributed by atoms with van der Waals surface area (Å²) < 4.78 is 1.66. The van der Waals surface area contributed by atoms with Gasteiger partial charge < -0.3 is 0 Å². The van der Waals surface area contributed by atoms with E-state index < -0.39 is 0 Å². The van der Waals surface area contributed by atoms with E-state index in [-0.39, 0.29) is 14.5 Å². The number of rotatable bonds is 0. The molecule has 0 atom stereocenters. The van der Waals surface area contributed by atoms with Crippen molar-refractivity contribution in [1.29, 1.82) is 5.26 Å². The molecule has 3 aromatic rings. The summed E-state index contributed by atoms with van der Waals surface area (Å²) >= 11 is -0.0296. The molecule has 3 rings (SSSR count). The first-order valence-corrected chi connectivity index (χ1v) is 6.49. The van der Waals surface area contributed by atoms with E-state index in [1.165, 1.54) is 0 Å². The minimum atomic E-state index is -0.0296. The van der Waals surface area contributed by atoms with Gasteiger partial charge in [0.1, 0.15) is 0 Å². The van der Waals surface area contributed by atoms with Gasteiger partial charge in [0.25, 0.3) is 0 Å². The van der Waals surface area contributed by atoms with Gasteiger partial charge in [-0.05, 0) is 0 Å². The molecule has 16 heavy (non-hydrogen) atoms. The molecule has 4 heteroatoms. The number of nitrogen functional groups attached to an aromatic ring is 1. The van der Waals surface area contributed by atoms with Crippen molar-refractivity contribution in [2.75, 3.05) is 5.73 Å². The number of hydrogen-bond donors (Lipinski definition) is 1. The molecule has 0 amide bonds. The Morgan fingerprint density at radius 2 is 2.12 bits per heavy atom. The van der Waals surface area contributed by atoms with Gasteiger partial charge in [-0.1, -0.05) is 0 Å². The summed E-state index contributed by atoms with van der Waals surface area (Å²) in [6, 6.07) is 12.1. The van der Waals surface area contributed by atoms with Crippen molar-refractivity contribution in [2.45, 2.75) is 0 Å². The second-order valence-corrected chi connectivity index (χ2v) is 5.59. The molecule has 0 aliphatic rings. The second-order valence-electron chi connectivity index (χ2n) is 3.49. The standard InChI is InChI=1S/C12H7N3Se/c13-6-10-11(14)8-5-7-3-1-2-4-9(7)15-12(8)16-10/h1-5H,14H2. The van der Waals surface area contributed by atoms with Crippen LogP contribution in [0.4, 0.5) is 5.69 Å². The van der Waals surface area contributed by atoms with Crippen LogP contribution in [0.1, 0.15) is 4.44 Å². The van der Waals surface area contributed by atoms with E-state index >= 15 is 0 Å². The van der Waals surface area contributed by atoms with Gasteiger partial charge in [-0.2, -0.15) is 0 Å². The number of fused-ring (bicyclic) bond motifs is 2. The van der Waals surface area contributed by atoms with Crippen molar-refractivity contribution in [3.8, 4) is 6.07 Å². The van der Waals surface area contributed by atoms with Crippen LogP contribution in [0.3, 0.4) is 0 Å². The summed E-state index contributed by atoms with van der Waals surface area (Å²) in [5.41, 5.74) is 7.50. The number of aromatic nitrogens is 1. The molecule has 0 spiro atoms. The minimum absolute atomic E-state index is 0.0296. The van der Waals surface area contributed by atoms with Crippen LogP contribution in [0, 0.1) is 11.3 Å². The van der Waals surface area contributed by atoms with E-state index in [0.717, 1.165) is 20.7 Å². The summed E-state index contributed by atoms with van der Waals surface area (Å²) in [7, 11) is 0. The third-order valence-corrected chi connectivity index (χ3v) is 4.66. The number of nitrogens with two attached hydrogens (primary N) is 1. The molecule has 1 aromatic carbocycles. The molecular weight excluding hydrogens is 265 g/mol. The average molecular weight is 272 g/mol. The van der Waals surface area contributed by atoms with Crippen LogP contribution >= 0.6 is 0 Å². The van der Waals surface area contributed by atoms with Gasteiger partial charge in [-0.3, -0.25) is 0 Å². The summed E-state index contributed by atoms with van der Waals surface area (Å²) in [6.45, 7) is 0. The van der Waals surface area contributed by atoms with Crippen LogP contribution in [0.2, 0.25) is 0 Å². The maximum absolute atomic E-state index is 8.95. The van der Waals surface area contributed by atoms with Crippen molar-refractivity contribution in [3.63, 3.8) is 0 Å². The Balaban J connectivity index is 2.50. The first-order valence-electron chi connectivity index (χ1n) is 4.77. The summed E-state index contributed by atoms with van der Waals surface area (Å²) in [6.07, 6.45) is 0. The Kier molecular flexibility index (Phi) is 1.97. The first kappa shape index (κ1) is 9.41. The van der Waals surface area contributed by atoms with Gasteiger partial charge in [-0.15, -0.1) is 0 Å². The summed E-state index contributed by atoms with van der Waals surface area (Å²) in [5.74, 6) is 0. The predicted molar refractivity (Wildman–Crippen MR) is 65.3 cm³/mol. The Morgan fingerprint density at radius 1 is 1.31 bits per heavy atom. The fourth-order valence-electron chi connectivity index (χ4n) is 1.73. The van der Waals surface area contributed by atoms with Crippen molar-refractivity contribution in [2.24, 2.45) is 0 Å². The number of benzene rings is 1. The number of nitrogens with zero attached hydrogens (tertiary/aromatic N) is 2. The molecule has 2 aromatic heterocycles. The zero-order valence-corrected chi connectivity index (χ0v) is 9.98. The fraction of sp³-hybridized carbons (Fsp3) is 0. The average Bonchev–Trinajstić information content (AvgIpc) is 2.63. The molecule has 0 saturated heterocycles. The van der Waals surface area contributed by atoms with Gasteiger partial charge in [-0.25, -0.2) is 0 Å². The van der Waals surface area contributed by atoms with Crippen molar-refractivity contribution in [1.82, 2.24) is 4.98 Å². The quantitative estimate of drug-likeness (QED) is 0.636. The van der Waals surface area contributed by atoms with E-state index in [0.29, 0.717) is 10.1 Å². The summed E-state index contributed by atoms with van der Waals surface area (Å²) in [5, 5.41) is 11.0. The van der Waals surface area contributed by atoms with Crippen LogP contribution in [0.25, 0.3) is 20.7 Å². The zero-order valence-electron chi connectivity index (χ0n) is 8.27. The summed E-state index contributed by atoms with van der Waals surface area (Å²) in [4.78, 5) is 4.56. The molecule has 0 bridgehead atoms. The molecule has 2 N–H and O–H groups in total. The van der Waals surface area contributed by atoms with Crippen LogP contribution < -0.4 is 5.73 Å². The topological polar surface area (TPSA) is 62.7 Å². The molecule has 0 unspecified atom stereocenters. The molecule has 2 heterocycles. The van der Waals surface area contributed by atoms with E-state index in [4.69, 9.17) is 11.0 Å². The van der Waals surface area contributed by atoms with Crippen molar-refractivity contribution >= 4 is 40.9 Å². The number of anilines is 1. The van der Waals surface area contributed by atoms with Crippen LogP contribution in [-0.2, 0) is 0 Å². The monoisotopic (exact) mass is 273 g/mol. The number of hydrogen-bond acceptors (Lipinski definition) is 3. The van der Waals surface area contributed by atoms with Gasteiger partial charge >= 0.3 is 97.7 Å². The van der Waals surface area contributed by atoms with E-state index in [9.17, 15) is 0 Å². The molecule has 0 saturated carbocycles. The normalized spacial score (nSPS) is 10.7. The van der Waals surface area contributed by atoms with Crippen LogP contribution in [0.15, 0.2) is 30.3 Å².